The number of amides is 2. The van der Waals surface area contributed by atoms with Crippen LogP contribution in [0.5, 0.6) is 5.75 Å². The van der Waals surface area contributed by atoms with Gasteiger partial charge in [0.25, 0.3) is 5.91 Å². The van der Waals surface area contributed by atoms with E-state index in [9.17, 15) is 14.4 Å². The van der Waals surface area contributed by atoms with Gasteiger partial charge in [-0.25, -0.2) is 0 Å². The van der Waals surface area contributed by atoms with Gasteiger partial charge >= 0.3 is 5.97 Å². The van der Waals surface area contributed by atoms with Crippen molar-refractivity contribution in [3.8, 4) is 5.75 Å². The molecule has 4 aliphatic carbocycles. The van der Waals surface area contributed by atoms with Crippen LogP contribution in [-0.4, -0.2) is 17.8 Å². The molecule has 6 heteroatoms. The van der Waals surface area contributed by atoms with E-state index in [-0.39, 0.29) is 17.2 Å². The summed E-state index contributed by atoms with van der Waals surface area (Å²) in [6.07, 6.45) is 7.04. The minimum Gasteiger partial charge on any atom is -0.427 e. The summed E-state index contributed by atoms with van der Waals surface area (Å²) < 4.78 is 5.05. The molecule has 0 spiro atoms. The summed E-state index contributed by atoms with van der Waals surface area (Å²) in [6.45, 7) is 1.65. The van der Waals surface area contributed by atoms with E-state index in [1.165, 1.54) is 26.2 Å². The third-order valence-electron chi connectivity index (χ3n) is 7.52. The van der Waals surface area contributed by atoms with Crippen LogP contribution < -0.4 is 15.4 Å². The molecule has 6 rings (SSSR count). The first-order chi connectivity index (χ1) is 15.9. The zero-order chi connectivity index (χ0) is 23.0. The maximum Gasteiger partial charge on any atom is 0.308 e. The lowest BCUT2D eigenvalue weighted by molar-refractivity contribution is -0.140. The molecule has 0 atom stereocenters. The Hall–Kier alpha value is -3.15. The minimum absolute atomic E-state index is 0.171. The second kappa shape index (κ2) is 8.65. The molecule has 2 amide bonds. The Labute approximate surface area is 194 Å². The summed E-state index contributed by atoms with van der Waals surface area (Å²) in [5.41, 5.74) is 1.91. The molecule has 2 N–H and O–H groups in total. The van der Waals surface area contributed by atoms with Crippen LogP contribution in [0.3, 0.4) is 0 Å². The fourth-order valence-electron chi connectivity index (χ4n) is 6.56. The van der Waals surface area contributed by atoms with Crippen LogP contribution >= 0.6 is 0 Å². The molecule has 0 radical (unpaired) electrons. The normalized spacial score (nSPS) is 27.1. The number of benzene rings is 2. The van der Waals surface area contributed by atoms with Crippen LogP contribution in [-0.2, 0) is 16.1 Å². The maximum atomic E-state index is 13.3. The van der Waals surface area contributed by atoms with Gasteiger partial charge < -0.3 is 15.4 Å². The summed E-state index contributed by atoms with van der Waals surface area (Å²) >= 11 is 0. The van der Waals surface area contributed by atoms with E-state index in [2.05, 4.69) is 10.6 Å². The lowest BCUT2D eigenvalue weighted by Crippen LogP contribution is -2.51. The topological polar surface area (TPSA) is 84.5 Å². The van der Waals surface area contributed by atoms with Crippen LogP contribution in [0.1, 0.15) is 61.4 Å². The van der Waals surface area contributed by atoms with Gasteiger partial charge in [-0.3, -0.25) is 14.4 Å². The Morgan fingerprint density at radius 3 is 2.27 bits per heavy atom. The third-order valence-corrected chi connectivity index (χ3v) is 7.52. The van der Waals surface area contributed by atoms with Gasteiger partial charge in [-0.05, 0) is 92.2 Å². The number of carbonyl (C=O) groups excluding carboxylic acids is 3. The summed E-state index contributed by atoms with van der Waals surface area (Å²) in [4.78, 5) is 37.0. The summed E-state index contributed by atoms with van der Waals surface area (Å²) in [5.74, 6) is 2.00. The highest BCUT2D eigenvalue weighted by molar-refractivity contribution is 5.96. The van der Waals surface area contributed by atoms with Crippen LogP contribution in [0.25, 0.3) is 0 Å². The monoisotopic (exact) mass is 446 g/mol. The first-order valence-corrected chi connectivity index (χ1v) is 11.9. The van der Waals surface area contributed by atoms with Crippen molar-refractivity contribution < 1.29 is 19.1 Å². The molecule has 4 fully saturated rings. The number of hydrogen-bond donors (Lipinski definition) is 2. The van der Waals surface area contributed by atoms with Gasteiger partial charge in [-0.1, -0.05) is 18.2 Å². The Kier molecular flexibility index (Phi) is 5.69. The van der Waals surface area contributed by atoms with E-state index in [0.717, 1.165) is 48.3 Å². The summed E-state index contributed by atoms with van der Waals surface area (Å²) in [7, 11) is 0. The molecule has 6 nitrogen and oxygen atoms in total. The largest absolute Gasteiger partial charge is 0.427 e. The van der Waals surface area contributed by atoms with Crippen molar-refractivity contribution >= 4 is 23.5 Å². The Morgan fingerprint density at radius 1 is 0.939 bits per heavy atom. The number of carbonyl (C=O) groups is 3. The van der Waals surface area contributed by atoms with Gasteiger partial charge in [0.05, 0.1) is 5.41 Å². The second-order valence-corrected chi connectivity index (χ2v) is 10.2. The average Bonchev–Trinajstić information content (AvgIpc) is 2.76. The fraction of sp³-hybridized carbons (Fsp3) is 0.444. The van der Waals surface area contributed by atoms with Crippen molar-refractivity contribution in [2.75, 3.05) is 5.32 Å². The van der Waals surface area contributed by atoms with E-state index < -0.39 is 5.97 Å². The number of nitrogens with one attached hydrogen (secondary N) is 2. The molecule has 4 saturated carbocycles. The van der Waals surface area contributed by atoms with Gasteiger partial charge in [-0.15, -0.1) is 0 Å². The number of anilines is 1. The second-order valence-electron chi connectivity index (χ2n) is 10.2. The zero-order valence-corrected chi connectivity index (χ0v) is 18.9. The number of ether oxygens (including phenoxy) is 1. The fourth-order valence-corrected chi connectivity index (χ4v) is 6.56. The molecule has 0 unspecified atom stereocenters. The highest BCUT2D eigenvalue weighted by Gasteiger charge is 2.54. The number of hydrogen-bond acceptors (Lipinski definition) is 4. The van der Waals surface area contributed by atoms with Crippen molar-refractivity contribution in [3.63, 3.8) is 0 Å². The molecule has 33 heavy (non-hydrogen) atoms. The van der Waals surface area contributed by atoms with E-state index in [0.29, 0.717) is 17.9 Å². The molecule has 0 heterocycles. The maximum absolute atomic E-state index is 13.3. The molecule has 4 aliphatic rings. The van der Waals surface area contributed by atoms with E-state index in [1.807, 2.05) is 24.3 Å². The summed E-state index contributed by atoms with van der Waals surface area (Å²) in [6, 6.07) is 14.2. The average molecular weight is 447 g/mol. The Bertz CT molecular complexity index is 1060. The molecule has 172 valence electrons. The standard InChI is InChI=1S/C27H30N2O4/c1-17(30)33-24-7-3-5-22(12-24)25(31)28-16-18-4-2-6-23(11-18)29-26(32)27-13-19-8-20(14-27)10-21(9-19)15-27/h2-7,11-12,19-21H,8-10,13-16H2,1H3,(H,28,31)(H,29,32). The molecule has 0 aliphatic heterocycles. The first kappa shape index (κ1) is 21.7. The van der Waals surface area contributed by atoms with Crippen LogP contribution in [0.15, 0.2) is 48.5 Å². The highest BCUT2D eigenvalue weighted by Crippen LogP contribution is 2.60. The Morgan fingerprint density at radius 2 is 1.61 bits per heavy atom. The van der Waals surface area contributed by atoms with Gasteiger partial charge in [0.2, 0.25) is 5.91 Å². The Balaban J connectivity index is 1.21. The molecule has 0 aromatic heterocycles. The summed E-state index contributed by atoms with van der Waals surface area (Å²) in [5, 5.41) is 6.08. The smallest absolute Gasteiger partial charge is 0.308 e. The highest BCUT2D eigenvalue weighted by atomic mass is 16.5. The van der Waals surface area contributed by atoms with Crippen molar-refractivity contribution in [1.82, 2.24) is 5.32 Å². The van der Waals surface area contributed by atoms with Crippen molar-refractivity contribution in [3.05, 3.63) is 59.7 Å². The lowest BCUT2D eigenvalue weighted by atomic mass is 9.49. The zero-order valence-electron chi connectivity index (χ0n) is 18.9. The molecular formula is C27H30N2O4. The van der Waals surface area contributed by atoms with Crippen molar-refractivity contribution in [2.24, 2.45) is 23.2 Å². The van der Waals surface area contributed by atoms with Gasteiger partial charge in [0.15, 0.2) is 0 Å². The van der Waals surface area contributed by atoms with Crippen molar-refractivity contribution in [1.29, 1.82) is 0 Å². The predicted molar refractivity (Wildman–Crippen MR) is 125 cm³/mol. The lowest BCUT2D eigenvalue weighted by Gasteiger charge is -2.55. The van der Waals surface area contributed by atoms with Gasteiger partial charge in [-0.2, -0.15) is 0 Å². The minimum atomic E-state index is -0.431. The number of rotatable bonds is 6. The first-order valence-electron chi connectivity index (χ1n) is 11.9. The molecule has 2 aromatic carbocycles. The van der Waals surface area contributed by atoms with Crippen molar-refractivity contribution in [2.45, 2.75) is 52.0 Å². The molecular weight excluding hydrogens is 416 g/mol. The van der Waals surface area contributed by atoms with E-state index >= 15 is 0 Å². The third kappa shape index (κ3) is 4.65. The van der Waals surface area contributed by atoms with Crippen LogP contribution in [0.2, 0.25) is 0 Å². The van der Waals surface area contributed by atoms with Gasteiger partial charge in [0.1, 0.15) is 5.75 Å². The van der Waals surface area contributed by atoms with Crippen LogP contribution in [0, 0.1) is 23.2 Å². The SMILES string of the molecule is CC(=O)Oc1cccc(C(=O)NCc2cccc(NC(=O)C34CC5CC(CC(C5)C3)C4)c2)c1. The predicted octanol–water partition coefficient (Wildman–Crippen LogP) is 4.70. The molecule has 0 saturated heterocycles. The molecule has 2 aromatic rings. The van der Waals surface area contributed by atoms with E-state index in [4.69, 9.17) is 4.74 Å². The molecule has 4 bridgehead atoms. The van der Waals surface area contributed by atoms with Crippen LogP contribution in [0.4, 0.5) is 5.69 Å². The van der Waals surface area contributed by atoms with E-state index in [1.54, 1.807) is 24.3 Å². The quantitative estimate of drug-likeness (QED) is 0.498. The number of esters is 1. The van der Waals surface area contributed by atoms with Gasteiger partial charge in [0, 0.05) is 24.7 Å².